The van der Waals surface area contributed by atoms with Crippen LogP contribution in [0.5, 0.6) is 0 Å². The van der Waals surface area contributed by atoms with Crippen molar-refractivity contribution < 1.29 is 22.3 Å². The van der Waals surface area contributed by atoms with E-state index in [1.54, 1.807) is 7.11 Å². The zero-order valence-corrected chi connectivity index (χ0v) is 11.1. The monoisotopic (exact) mass is 291 g/mol. The van der Waals surface area contributed by atoms with Gasteiger partial charge < -0.3 is 10.1 Å². The van der Waals surface area contributed by atoms with Crippen molar-refractivity contribution in [3.63, 3.8) is 0 Å². The number of methoxy groups -OCH3 is 1. The molecule has 1 saturated carbocycles. The lowest BCUT2D eigenvalue weighted by molar-refractivity contribution is -0.139. The zero-order valence-electron chi connectivity index (χ0n) is 11.1. The lowest BCUT2D eigenvalue weighted by Gasteiger charge is -2.29. The Morgan fingerprint density at radius 3 is 2.35 bits per heavy atom. The van der Waals surface area contributed by atoms with E-state index in [1.165, 1.54) is 6.07 Å². The predicted molar refractivity (Wildman–Crippen MR) is 68.1 cm³/mol. The number of hydrogen-bond acceptors (Lipinski definition) is 2. The Balaban J connectivity index is 2.04. The SMILES string of the molecule is COC1CCC(Nc2ccc(F)c(C(F)(F)F)c2)CC1. The van der Waals surface area contributed by atoms with Gasteiger partial charge in [-0.2, -0.15) is 13.2 Å². The molecule has 0 atom stereocenters. The number of nitrogens with one attached hydrogen (secondary N) is 1. The van der Waals surface area contributed by atoms with Crippen LogP contribution in [0.3, 0.4) is 0 Å². The minimum atomic E-state index is -4.67. The molecule has 6 heteroatoms. The lowest BCUT2D eigenvalue weighted by atomic mass is 9.92. The fourth-order valence-electron chi connectivity index (χ4n) is 2.51. The second-order valence-electron chi connectivity index (χ2n) is 5.05. The Morgan fingerprint density at radius 1 is 1.15 bits per heavy atom. The minimum absolute atomic E-state index is 0.105. The first-order valence-corrected chi connectivity index (χ1v) is 6.56. The first-order valence-electron chi connectivity index (χ1n) is 6.56. The molecule has 1 aromatic carbocycles. The van der Waals surface area contributed by atoms with Gasteiger partial charge in [-0.15, -0.1) is 0 Å². The summed E-state index contributed by atoms with van der Waals surface area (Å²) in [5, 5.41) is 3.04. The van der Waals surface area contributed by atoms with Gasteiger partial charge in [-0.1, -0.05) is 0 Å². The van der Waals surface area contributed by atoms with E-state index < -0.39 is 17.6 Å². The molecule has 2 nitrogen and oxygen atoms in total. The summed E-state index contributed by atoms with van der Waals surface area (Å²) in [5.74, 6) is -1.24. The maximum Gasteiger partial charge on any atom is 0.419 e. The second kappa shape index (κ2) is 5.99. The zero-order chi connectivity index (χ0) is 14.8. The summed E-state index contributed by atoms with van der Waals surface area (Å²) in [6.07, 6.45) is -1.03. The van der Waals surface area contributed by atoms with Gasteiger partial charge in [0, 0.05) is 18.8 Å². The van der Waals surface area contributed by atoms with Crippen LogP contribution in [-0.2, 0) is 10.9 Å². The van der Waals surface area contributed by atoms with Crippen molar-refractivity contribution in [1.29, 1.82) is 0 Å². The molecule has 0 bridgehead atoms. The molecule has 0 radical (unpaired) electrons. The molecule has 0 saturated heterocycles. The van der Waals surface area contributed by atoms with Crippen molar-refractivity contribution in [2.45, 2.75) is 44.0 Å². The molecule has 0 aromatic heterocycles. The van der Waals surface area contributed by atoms with Crippen molar-refractivity contribution in [3.8, 4) is 0 Å². The fourth-order valence-corrected chi connectivity index (χ4v) is 2.51. The highest BCUT2D eigenvalue weighted by molar-refractivity contribution is 5.47. The van der Waals surface area contributed by atoms with Crippen LogP contribution >= 0.6 is 0 Å². The molecule has 1 aromatic rings. The van der Waals surface area contributed by atoms with E-state index in [-0.39, 0.29) is 12.1 Å². The summed E-state index contributed by atoms with van der Waals surface area (Å²) in [6.45, 7) is 0. The van der Waals surface area contributed by atoms with Crippen molar-refractivity contribution in [3.05, 3.63) is 29.6 Å². The third-order valence-corrected chi connectivity index (χ3v) is 3.65. The summed E-state index contributed by atoms with van der Waals surface area (Å²) in [7, 11) is 1.66. The smallest absolute Gasteiger partial charge is 0.382 e. The Labute approximate surface area is 115 Å². The van der Waals surface area contributed by atoms with Crippen LogP contribution in [0.1, 0.15) is 31.2 Å². The highest BCUT2D eigenvalue weighted by atomic mass is 19.4. The summed E-state index contributed by atoms with van der Waals surface area (Å²) < 4.78 is 56.3. The van der Waals surface area contributed by atoms with Gasteiger partial charge in [-0.25, -0.2) is 4.39 Å². The molecule has 1 fully saturated rings. The molecule has 1 aliphatic rings. The topological polar surface area (TPSA) is 21.3 Å². The molecule has 0 unspecified atom stereocenters. The number of alkyl halides is 3. The van der Waals surface area contributed by atoms with E-state index >= 15 is 0 Å². The van der Waals surface area contributed by atoms with Crippen molar-refractivity contribution in [2.24, 2.45) is 0 Å². The first kappa shape index (κ1) is 15.1. The van der Waals surface area contributed by atoms with E-state index in [4.69, 9.17) is 4.74 Å². The molecule has 0 amide bonds. The standard InChI is InChI=1S/C14H17F4NO/c1-20-11-5-2-9(3-6-11)19-10-4-7-13(15)12(8-10)14(16,17)18/h4,7-9,11,19H,2-3,5-6H2,1H3. The first-order chi connectivity index (χ1) is 9.40. The third kappa shape index (κ3) is 3.62. The van der Waals surface area contributed by atoms with Gasteiger partial charge in [0.1, 0.15) is 5.82 Å². The van der Waals surface area contributed by atoms with Crippen molar-refractivity contribution >= 4 is 5.69 Å². The number of rotatable bonds is 3. The van der Waals surface area contributed by atoms with Crippen LogP contribution in [0.25, 0.3) is 0 Å². The van der Waals surface area contributed by atoms with E-state index in [2.05, 4.69) is 5.32 Å². The van der Waals surface area contributed by atoms with Crippen LogP contribution in [0.15, 0.2) is 18.2 Å². The molecule has 0 spiro atoms. The average molecular weight is 291 g/mol. The van der Waals surface area contributed by atoms with Crippen LogP contribution in [0, 0.1) is 5.82 Å². The Morgan fingerprint density at radius 2 is 1.80 bits per heavy atom. The maximum absolute atomic E-state index is 13.2. The van der Waals surface area contributed by atoms with E-state index in [9.17, 15) is 17.6 Å². The van der Waals surface area contributed by atoms with Crippen LogP contribution < -0.4 is 5.32 Å². The van der Waals surface area contributed by atoms with Gasteiger partial charge >= 0.3 is 6.18 Å². The van der Waals surface area contributed by atoms with Crippen molar-refractivity contribution in [2.75, 3.05) is 12.4 Å². The van der Waals surface area contributed by atoms with Gasteiger partial charge in [0.2, 0.25) is 0 Å². The number of hydrogen-bond donors (Lipinski definition) is 1. The Kier molecular flexibility index (Phi) is 4.52. The maximum atomic E-state index is 13.2. The Bertz CT molecular complexity index is 453. The van der Waals surface area contributed by atoms with Gasteiger partial charge in [0.15, 0.2) is 0 Å². The van der Waals surface area contributed by atoms with E-state index in [0.29, 0.717) is 5.69 Å². The largest absolute Gasteiger partial charge is 0.419 e. The quantitative estimate of drug-likeness (QED) is 0.842. The summed E-state index contributed by atoms with van der Waals surface area (Å²) >= 11 is 0. The van der Waals surface area contributed by atoms with Crippen LogP contribution in [-0.4, -0.2) is 19.3 Å². The summed E-state index contributed by atoms with van der Waals surface area (Å²) in [6, 6.07) is 3.13. The normalized spacial score (nSPS) is 23.6. The number of anilines is 1. The van der Waals surface area contributed by atoms with Crippen LogP contribution in [0.4, 0.5) is 23.2 Å². The molecular formula is C14H17F4NO. The van der Waals surface area contributed by atoms with Gasteiger partial charge in [0.25, 0.3) is 0 Å². The number of benzene rings is 1. The fraction of sp³-hybridized carbons (Fsp3) is 0.571. The van der Waals surface area contributed by atoms with Gasteiger partial charge in [-0.05, 0) is 43.9 Å². The van der Waals surface area contributed by atoms with E-state index in [1.807, 2.05) is 0 Å². The average Bonchev–Trinajstić information content (AvgIpc) is 2.40. The second-order valence-corrected chi connectivity index (χ2v) is 5.05. The molecule has 112 valence electrons. The van der Waals surface area contributed by atoms with Gasteiger partial charge in [-0.3, -0.25) is 0 Å². The summed E-state index contributed by atoms with van der Waals surface area (Å²) in [4.78, 5) is 0. The molecule has 1 N–H and O–H groups in total. The number of ether oxygens (including phenoxy) is 1. The molecule has 0 aliphatic heterocycles. The number of halogens is 4. The predicted octanol–water partition coefficient (Wildman–Crippen LogP) is 4.21. The highest BCUT2D eigenvalue weighted by Gasteiger charge is 2.34. The molecule has 2 rings (SSSR count). The molecule has 20 heavy (non-hydrogen) atoms. The lowest BCUT2D eigenvalue weighted by Crippen LogP contribution is -2.29. The van der Waals surface area contributed by atoms with Crippen molar-refractivity contribution in [1.82, 2.24) is 0 Å². The van der Waals surface area contributed by atoms with E-state index in [0.717, 1.165) is 37.8 Å². The molecule has 1 aliphatic carbocycles. The van der Waals surface area contributed by atoms with Gasteiger partial charge in [0.05, 0.1) is 11.7 Å². The summed E-state index contributed by atoms with van der Waals surface area (Å²) in [5.41, 5.74) is -0.923. The highest BCUT2D eigenvalue weighted by Crippen LogP contribution is 2.33. The third-order valence-electron chi connectivity index (χ3n) is 3.65. The molecule has 0 heterocycles. The Hall–Kier alpha value is -1.30. The minimum Gasteiger partial charge on any atom is -0.382 e. The van der Waals surface area contributed by atoms with Crippen LogP contribution in [0.2, 0.25) is 0 Å². The molecular weight excluding hydrogens is 274 g/mol.